The van der Waals surface area contributed by atoms with Crippen LogP contribution in [0.1, 0.15) is 178 Å². The number of benzene rings is 10. The van der Waals surface area contributed by atoms with Crippen LogP contribution in [0, 0.1) is 18.8 Å². The van der Waals surface area contributed by atoms with Gasteiger partial charge in [-0.3, -0.25) is 43.5 Å². The maximum atomic E-state index is 12.1. The molecule has 33 nitrogen and oxygen atoms in total. The van der Waals surface area contributed by atoms with E-state index in [4.69, 9.17) is 24.4 Å². The van der Waals surface area contributed by atoms with Gasteiger partial charge in [0.05, 0.1) is 57.0 Å². The predicted octanol–water partition coefficient (Wildman–Crippen LogP) is 16.8. The van der Waals surface area contributed by atoms with E-state index in [1.54, 1.807) is 157 Å². The molecule has 0 aliphatic carbocycles. The number of aromatic nitrogens is 2. The summed E-state index contributed by atoms with van der Waals surface area (Å²) in [6.07, 6.45) is 11.1. The van der Waals surface area contributed by atoms with E-state index >= 15 is 0 Å². The average molecular weight is 1820 g/mol. The molecular formula is C100H117N14O19+. The molecule has 12 rings (SSSR count). The molecule has 0 aliphatic rings. The molecular weight excluding hydrogens is 1700 g/mol. The van der Waals surface area contributed by atoms with E-state index in [9.17, 15) is 69.1 Å². The first-order valence-electron chi connectivity index (χ1n) is 38.3. The second kappa shape index (κ2) is 58.2. The number of ketones is 1. The SMILES string of the molecule is C.C.C.C.C.C.C/C(=N\NC(=O)c1ccc(C)c(C)c1)c1ccc(O)cc1O.C/C(=N\NC(=O)c1ccccc1)c1cc(O)ccc1O.CCc1ccc(/C=N/NC(=O)c2ccccc2)c(OC)c1.COc1ccc(/C=N/NC(=O)c2ccc([N+](C)=O)cc2)c(OC)c1.Cn1cc(C(=O)N/N=C/c2ccc(O)cc2O)ccc1=O.O=C(CN=Cc1ccc(O)cc1O)c1ccncc1. The molecule has 0 radical (unpaired) electrons. The van der Waals surface area contributed by atoms with Crippen LogP contribution in [0.3, 0.4) is 0 Å². The molecule has 2 aromatic heterocycles. The Bertz CT molecular complexity index is 6090. The molecule has 0 saturated heterocycles. The lowest BCUT2D eigenvalue weighted by atomic mass is 10.1. The molecule has 0 fully saturated rings. The molecule has 33 heteroatoms. The van der Waals surface area contributed by atoms with Crippen LogP contribution in [-0.2, 0) is 13.5 Å². The number of phenols is 8. The summed E-state index contributed by atoms with van der Waals surface area (Å²) in [5.74, 6) is -0.373. The normalized spacial score (nSPS) is 10.3. The van der Waals surface area contributed by atoms with Crippen molar-refractivity contribution in [2.24, 2.45) is 37.5 Å². The summed E-state index contributed by atoms with van der Waals surface area (Å²) in [7, 11) is 7.66. The number of rotatable bonds is 24. The van der Waals surface area contributed by atoms with Gasteiger partial charge in [-0.2, -0.15) is 25.5 Å². The number of aryl methyl sites for hydroxylation is 4. The van der Waals surface area contributed by atoms with Crippen LogP contribution in [-0.4, -0.2) is 162 Å². The Balaban J connectivity index is 0.000000792. The fourth-order valence-corrected chi connectivity index (χ4v) is 10.6. The predicted molar refractivity (Wildman–Crippen MR) is 523 cm³/mol. The molecule has 133 heavy (non-hydrogen) atoms. The van der Waals surface area contributed by atoms with Gasteiger partial charge in [-0.25, -0.2) is 27.1 Å². The monoisotopic (exact) mass is 1820 g/mol. The maximum absolute atomic E-state index is 12.1. The number of nitrogens with one attached hydrogen (secondary N) is 5. The number of ether oxygens (including phenoxy) is 3. The lowest BCUT2D eigenvalue weighted by molar-refractivity contribution is -0.428. The van der Waals surface area contributed by atoms with Gasteiger partial charge in [0.25, 0.3) is 35.2 Å². The highest BCUT2D eigenvalue weighted by Crippen LogP contribution is 2.28. The van der Waals surface area contributed by atoms with Crippen LogP contribution in [0.2, 0.25) is 0 Å². The Kier molecular flexibility index (Phi) is 49.8. The summed E-state index contributed by atoms with van der Waals surface area (Å²) in [5, 5.41) is 95.0. The number of aromatic hydroxyl groups is 8. The molecule has 0 unspecified atom stereocenters. The van der Waals surface area contributed by atoms with Gasteiger partial charge in [-0.15, -0.1) is 0 Å². The smallest absolute Gasteiger partial charge is 0.272 e. The number of nitroso groups, excluding NO2 is 1. The van der Waals surface area contributed by atoms with Crippen LogP contribution in [0.15, 0.2) is 290 Å². The number of methoxy groups -OCH3 is 3. The minimum Gasteiger partial charge on any atom is -0.508 e. The quantitative estimate of drug-likeness (QED) is 0.00878. The van der Waals surface area contributed by atoms with Gasteiger partial charge in [0.2, 0.25) is 5.56 Å². The summed E-state index contributed by atoms with van der Waals surface area (Å²) in [6.45, 7) is 9.28. The highest BCUT2D eigenvalue weighted by atomic mass is 16.5. The third-order valence-electron chi connectivity index (χ3n) is 17.8. The van der Waals surface area contributed by atoms with Gasteiger partial charge in [0.1, 0.15) is 69.8 Å². The zero-order valence-corrected chi connectivity index (χ0v) is 70.6. The van der Waals surface area contributed by atoms with Crippen molar-refractivity contribution in [3.05, 3.63) is 354 Å². The second-order valence-electron chi connectivity index (χ2n) is 26.9. The van der Waals surface area contributed by atoms with E-state index in [0.29, 0.717) is 84.2 Å². The molecule has 2 heterocycles. The fourth-order valence-electron chi connectivity index (χ4n) is 10.6. The van der Waals surface area contributed by atoms with E-state index in [-0.39, 0.29) is 138 Å². The van der Waals surface area contributed by atoms with Crippen molar-refractivity contribution in [2.75, 3.05) is 34.9 Å². The van der Waals surface area contributed by atoms with Crippen molar-refractivity contribution in [3.63, 3.8) is 0 Å². The zero-order valence-electron chi connectivity index (χ0n) is 70.6. The van der Waals surface area contributed by atoms with E-state index in [1.807, 2.05) is 62.4 Å². The molecule has 0 atom stereocenters. The van der Waals surface area contributed by atoms with Gasteiger partial charge in [0.15, 0.2) is 12.8 Å². The second-order valence-corrected chi connectivity index (χ2v) is 26.9. The number of aliphatic imine (C=N–C) groups is 1. The molecule has 10 aromatic carbocycles. The Labute approximate surface area is 773 Å². The summed E-state index contributed by atoms with van der Waals surface area (Å²) in [6, 6.07) is 62.9. The summed E-state index contributed by atoms with van der Waals surface area (Å²) >= 11 is 0. The first kappa shape index (κ1) is 114. The largest absolute Gasteiger partial charge is 0.508 e. The van der Waals surface area contributed by atoms with Crippen molar-refractivity contribution >= 4 is 77.3 Å². The molecule has 700 valence electrons. The lowest BCUT2D eigenvalue weighted by Crippen LogP contribution is -2.22. The standard InChI is InChI=1S/C17H17N3O4.C17H18N2O3.C17H18N2O2.C15H14N2O3.C14H13N3O4.C14H12N2O3.6CH4/c1-20(22)14-7-4-12(5-8-14)17(21)19-18-11-13-6-9-15(23-2)10-16(13)24-3;1-10-4-5-13(8-11(10)2)17(22)19-18-12(3)15-7-6-14(20)9-16(15)21;1-3-13-9-10-15(16(11-13)21-2)12-18-19-17(20)14-7-5-4-6-8-14;1-10(13-9-12(18)7-8-14(13)19)16-17-15(20)11-5-3-2-4-6-11;1-17-8-10(3-5-13(17)20)14(21)16-15-7-9-2-4-11(18)6-12(9)19;17-12-2-1-11(13(18)7-12)8-16-9-14(19)10-3-5-15-6-4-10;;;;;;/h4-11H,1-3H3;4-9,20-21H,1-3H3,(H,19,22);4-12H,3H2,1-2H3,(H,19,20);2-9,18-19H,1H3,(H,17,20);2-8,18-19H,1H3,(H,16,21);1-8,17-18H,9H2;6*1H4/p+1/b18-11+;2*18-12+;16-10+;15-7+;;;;;;;. The van der Waals surface area contributed by atoms with Crippen LogP contribution in [0.4, 0.5) is 5.69 Å². The maximum Gasteiger partial charge on any atom is 0.272 e. The van der Waals surface area contributed by atoms with E-state index in [2.05, 4.69) is 69.5 Å². The molecule has 5 amide bonds. The average Bonchev–Trinajstić information content (AvgIpc) is 0.858. The number of hydrazone groups is 5. The molecule has 13 N–H and O–H groups in total. The lowest BCUT2D eigenvalue weighted by Gasteiger charge is -2.06. The zero-order chi connectivity index (χ0) is 92.5. The first-order valence-corrected chi connectivity index (χ1v) is 38.3. The molecule has 12 aromatic rings. The Morgan fingerprint density at radius 3 is 1.33 bits per heavy atom. The minimum atomic E-state index is -0.486. The van der Waals surface area contributed by atoms with Crippen molar-refractivity contribution in [1.82, 2.24) is 36.7 Å². The number of carbonyl (C=O) groups excluding carboxylic acids is 6. The van der Waals surface area contributed by atoms with E-state index in [1.165, 1.54) is 128 Å². The van der Waals surface area contributed by atoms with Crippen molar-refractivity contribution in [2.45, 2.75) is 85.6 Å². The Morgan fingerprint density at radius 1 is 0.414 bits per heavy atom. The molecule has 0 bridgehead atoms. The van der Waals surface area contributed by atoms with Crippen LogP contribution < -0.4 is 46.9 Å². The van der Waals surface area contributed by atoms with Gasteiger partial charge >= 0.3 is 0 Å². The highest BCUT2D eigenvalue weighted by Gasteiger charge is 2.15. The number of hydrogen-bond donors (Lipinski definition) is 13. The fraction of sp³-hybridized carbons (Fsp3) is 0.180. The first-order chi connectivity index (χ1) is 60.9. The number of Topliss-reactive ketones (excluding diaryl/α,β-unsaturated/α-hetero) is 1. The number of hydrogen-bond acceptors (Lipinski definition) is 26. The van der Waals surface area contributed by atoms with Gasteiger partial charge in [0, 0.05) is 145 Å². The van der Waals surface area contributed by atoms with Gasteiger partial charge < -0.3 is 59.6 Å². The molecule has 0 saturated carbocycles. The van der Waals surface area contributed by atoms with Crippen molar-refractivity contribution in [1.29, 1.82) is 0 Å². The Morgan fingerprint density at radius 2 is 0.842 bits per heavy atom. The van der Waals surface area contributed by atoms with Crippen LogP contribution >= 0.6 is 0 Å². The number of carbonyl (C=O) groups is 6. The van der Waals surface area contributed by atoms with Gasteiger partial charge in [-0.05, 0) is 196 Å². The third-order valence-corrected chi connectivity index (χ3v) is 17.8. The number of phenolic OH excluding ortho intramolecular Hbond substituents is 8. The van der Waals surface area contributed by atoms with Crippen molar-refractivity contribution in [3.8, 4) is 63.2 Å². The van der Waals surface area contributed by atoms with E-state index in [0.717, 1.165) is 39.7 Å². The Hall–Kier alpha value is -17.3. The molecule has 0 aliphatic heterocycles. The highest BCUT2D eigenvalue weighted by molar-refractivity contribution is 6.04. The minimum absolute atomic E-state index is 0. The topological polar surface area (TPSA) is 481 Å². The summed E-state index contributed by atoms with van der Waals surface area (Å²) in [5.41, 5.74) is 22.4. The number of pyridine rings is 2. The third kappa shape index (κ3) is 36.9. The van der Waals surface area contributed by atoms with Crippen LogP contribution in [0.25, 0.3) is 0 Å². The number of amides is 5. The van der Waals surface area contributed by atoms with Gasteiger partial charge in [-0.1, -0.05) is 100 Å². The number of nitrogens with zero attached hydrogens (tertiary/aromatic N) is 9. The summed E-state index contributed by atoms with van der Waals surface area (Å²) < 4.78 is 17.7. The van der Waals surface area contributed by atoms with Crippen LogP contribution in [0.5, 0.6) is 63.2 Å². The van der Waals surface area contributed by atoms with E-state index < -0.39 is 5.91 Å². The van der Waals surface area contributed by atoms with Crippen molar-refractivity contribution < 1.29 is 88.6 Å². The summed E-state index contributed by atoms with van der Waals surface area (Å²) in [4.78, 5) is 101. The molecule has 0 spiro atoms.